The van der Waals surface area contributed by atoms with Crippen molar-refractivity contribution in [2.24, 2.45) is 5.73 Å². The summed E-state index contributed by atoms with van der Waals surface area (Å²) in [5, 5.41) is 12.2. The average molecular weight is 215 g/mol. The minimum atomic E-state index is -0.217. The van der Waals surface area contributed by atoms with Crippen molar-refractivity contribution in [3.05, 3.63) is 42.0 Å². The van der Waals surface area contributed by atoms with E-state index in [0.717, 1.165) is 16.3 Å². The van der Waals surface area contributed by atoms with E-state index in [2.05, 4.69) is 13.8 Å². The molecule has 0 heterocycles. The molecule has 0 saturated carbocycles. The number of benzene rings is 2. The van der Waals surface area contributed by atoms with Crippen LogP contribution in [0.5, 0.6) is 5.75 Å². The van der Waals surface area contributed by atoms with Crippen LogP contribution in [0.4, 0.5) is 0 Å². The van der Waals surface area contributed by atoms with Gasteiger partial charge in [-0.05, 0) is 16.8 Å². The maximum absolute atomic E-state index is 10.0. The molecule has 0 aromatic heterocycles. The van der Waals surface area contributed by atoms with Crippen LogP contribution in [0.1, 0.15) is 19.4 Å². The molecule has 3 N–H and O–H groups in total. The highest BCUT2D eigenvalue weighted by Gasteiger charge is 2.24. The predicted octanol–water partition coefficient (Wildman–Crippen LogP) is 2.78. The van der Waals surface area contributed by atoms with Gasteiger partial charge in [0.15, 0.2) is 0 Å². The first-order valence-electron chi connectivity index (χ1n) is 5.47. The van der Waals surface area contributed by atoms with Gasteiger partial charge in [-0.3, -0.25) is 0 Å². The second kappa shape index (κ2) is 3.80. The largest absolute Gasteiger partial charge is 0.508 e. The lowest BCUT2D eigenvalue weighted by atomic mass is 9.81. The third-order valence-corrected chi connectivity index (χ3v) is 3.09. The molecule has 2 rings (SSSR count). The van der Waals surface area contributed by atoms with Gasteiger partial charge in [0.1, 0.15) is 5.75 Å². The summed E-state index contributed by atoms with van der Waals surface area (Å²) in [7, 11) is 0. The number of fused-ring (bicyclic) bond motifs is 1. The Morgan fingerprint density at radius 3 is 2.50 bits per heavy atom. The van der Waals surface area contributed by atoms with Crippen molar-refractivity contribution >= 4 is 10.8 Å². The Morgan fingerprint density at radius 2 is 1.81 bits per heavy atom. The normalized spacial score (nSPS) is 11.9. The van der Waals surface area contributed by atoms with Gasteiger partial charge in [-0.25, -0.2) is 0 Å². The molecule has 0 unspecified atom stereocenters. The average Bonchev–Trinajstić information content (AvgIpc) is 2.28. The molecule has 0 bridgehead atoms. The Labute approximate surface area is 95.7 Å². The van der Waals surface area contributed by atoms with Crippen LogP contribution in [0.2, 0.25) is 0 Å². The lowest BCUT2D eigenvalue weighted by Gasteiger charge is -2.25. The summed E-state index contributed by atoms with van der Waals surface area (Å²) in [4.78, 5) is 0. The van der Waals surface area contributed by atoms with Crippen molar-refractivity contribution in [3.8, 4) is 5.75 Å². The van der Waals surface area contributed by atoms with Gasteiger partial charge in [0.2, 0.25) is 0 Å². The highest BCUT2D eigenvalue weighted by atomic mass is 16.3. The Morgan fingerprint density at radius 1 is 1.12 bits per heavy atom. The van der Waals surface area contributed by atoms with Crippen LogP contribution >= 0.6 is 0 Å². The Balaban J connectivity index is 2.81. The molecule has 2 heteroatoms. The number of phenols is 1. The highest BCUT2D eigenvalue weighted by Crippen LogP contribution is 2.36. The van der Waals surface area contributed by atoms with E-state index in [1.165, 1.54) is 0 Å². The zero-order valence-electron chi connectivity index (χ0n) is 9.70. The van der Waals surface area contributed by atoms with Crippen LogP contribution in [0.3, 0.4) is 0 Å². The predicted molar refractivity (Wildman–Crippen MR) is 67.7 cm³/mol. The van der Waals surface area contributed by atoms with Crippen molar-refractivity contribution in [2.75, 3.05) is 6.54 Å². The summed E-state index contributed by atoms with van der Waals surface area (Å²) < 4.78 is 0. The molecule has 0 saturated heterocycles. The van der Waals surface area contributed by atoms with Gasteiger partial charge in [0, 0.05) is 17.5 Å². The van der Waals surface area contributed by atoms with E-state index in [1.807, 2.05) is 30.3 Å². The van der Waals surface area contributed by atoms with Gasteiger partial charge in [0.25, 0.3) is 0 Å². The molecule has 0 aliphatic heterocycles. The first-order chi connectivity index (χ1) is 7.56. The quantitative estimate of drug-likeness (QED) is 0.809. The lowest BCUT2D eigenvalue weighted by Crippen LogP contribution is -2.28. The van der Waals surface area contributed by atoms with E-state index in [-0.39, 0.29) is 5.41 Å². The molecule has 2 nitrogen and oxygen atoms in total. The molecule has 0 fully saturated rings. The van der Waals surface area contributed by atoms with Crippen LogP contribution < -0.4 is 5.73 Å². The molecular weight excluding hydrogens is 198 g/mol. The van der Waals surface area contributed by atoms with Crippen molar-refractivity contribution in [2.45, 2.75) is 19.3 Å². The summed E-state index contributed by atoms with van der Waals surface area (Å²) in [6, 6.07) is 11.7. The van der Waals surface area contributed by atoms with Gasteiger partial charge in [0.05, 0.1) is 0 Å². The van der Waals surface area contributed by atoms with Crippen LogP contribution in [0, 0.1) is 0 Å². The van der Waals surface area contributed by atoms with Crippen LogP contribution in [-0.2, 0) is 5.41 Å². The molecule has 0 radical (unpaired) electrons. The number of hydrogen-bond donors (Lipinski definition) is 2. The standard InChI is InChI=1S/C14H17NO/c1-14(2,9-15)13-11-6-4-3-5-10(11)7-8-12(13)16/h3-8,16H,9,15H2,1-2H3. The zero-order chi connectivity index (χ0) is 11.8. The zero-order valence-corrected chi connectivity index (χ0v) is 9.70. The molecule has 2 aromatic rings. The van der Waals surface area contributed by atoms with Gasteiger partial charge >= 0.3 is 0 Å². The van der Waals surface area contributed by atoms with Crippen molar-refractivity contribution in [3.63, 3.8) is 0 Å². The Kier molecular flexibility index (Phi) is 2.60. The molecule has 0 spiro atoms. The molecule has 84 valence electrons. The second-order valence-corrected chi connectivity index (χ2v) is 4.77. The Bertz CT molecular complexity index is 517. The molecule has 0 amide bonds. The fraction of sp³-hybridized carbons (Fsp3) is 0.286. The third kappa shape index (κ3) is 1.65. The molecule has 2 aromatic carbocycles. The van der Waals surface area contributed by atoms with E-state index < -0.39 is 0 Å². The fourth-order valence-electron chi connectivity index (χ4n) is 2.07. The summed E-state index contributed by atoms with van der Waals surface area (Å²) in [6.45, 7) is 4.61. The summed E-state index contributed by atoms with van der Waals surface area (Å²) >= 11 is 0. The SMILES string of the molecule is CC(C)(CN)c1c(O)ccc2ccccc12. The highest BCUT2D eigenvalue weighted by molar-refractivity contribution is 5.88. The molecule has 16 heavy (non-hydrogen) atoms. The Hall–Kier alpha value is -1.54. The van der Waals surface area contributed by atoms with E-state index in [0.29, 0.717) is 12.3 Å². The molecule has 0 atom stereocenters. The monoisotopic (exact) mass is 215 g/mol. The number of hydrogen-bond acceptors (Lipinski definition) is 2. The van der Waals surface area contributed by atoms with Gasteiger partial charge in [-0.15, -0.1) is 0 Å². The third-order valence-electron chi connectivity index (χ3n) is 3.09. The minimum Gasteiger partial charge on any atom is -0.508 e. The van der Waals surface area contributed by atoms with Gasteiger partial charge in [-0.1, -0.05) is 44.2 Å². The number of phenolic OH excluding ortho intramolecular Hbond substituents is 1. The summed E-state index contributed by atoms with van der Waals surface area (Å²) in [5.74, 6) is 0.328. The van der Waals surface area contributed by atoms with E-state index in [4.69, 9.17) is 5.73 Å². The lowest BCUT2D eigenvalue weighted by molar-refractivity contribution is 0.441. The van der Waals surface area contributed by atoms with Gasteiger partial charge < -0.3 is 10.8 Å². The van der Waals surface area contributed by atoms with Crippen LogP contribution in [-0.4, -0.2) is 11.7 Å². The number of rotatable bonds is 2. The van der Waals surface area contributed by atoms with E-state index in [9.17, 15) is 5.11 Å². The second-order valence-electron chi connectivity index (χ2n) is 4.77. The molecule has 0 aliphatic rings. The van der Waals surface area contributed by atoms with Crippen LogP contribution in [0.15, 0.2) is 36.4 Å². The van der Waals surface area contributed by atoms with Crippen molar-refractivity contribution in [1.29, 1.82) is 0 Å². The molecular formula is C14H17NO. The smallest absolute Gasteiger partial charge is 0.120 e. The number of nitrogens with two attached hydrogens (primary N) is 1. The summed E-state index contributed by atoms with van der Waals surface area (Å²) in [5.41, 5.74) is 6.51. The van der Waals surface area contributed by atoms with Crippen molar-refractivity contribution < 1.29 is 5.11 Å². The van der Waals surface area contributed by atoms with Crippen molar-refractivity contribution in [1.82, 2.24) is 0 Å². The van der Waals surface area contributed by atoms with Crippen LogP contribution in [0.25, 0.3) is 10.8 Å². The first kappa shape index (κ1) is 11.0. The number of aromatic hydroxyl groups is 1. The van der Waals surface area contributed by atoms with E-state index in [1.54, 1.807) is 6.07 Å². The topological polar surface area (TPSA) is 46.2 Å². The summed E-state index contributed by atoms with van der Waals surface area (Å²) in [6.07, 6.45) is 0. The first-order valence-corrected chi connectivity index (χ1v) is 5.47. The molecule has 0 aliphatic carbocycles. The maximum atomic E-state index is 10.0. The maximum Gasteiger partial charge on any atom is 0.120 e. The van der Waals surface area contributed by atoms with Gasteiger partial charge in [-0.2, -0.15) is 0 Å². The minimum absolute atomic E-state index is 0.217. The fourth-order valence-corrected chi connectivity index (χ4v) is 2.07. The van der Waals surface area contributed by atoms with E-state index >= 15 is 0 Å².